The molecule has 0 radical (unpaired) electrons. The highest BCUT2D eigenvalue weighted by Gasteiger charge is 2.45. The number of nitrogens with zero attached hydrogens (tertiary/aromatic N) is 4. The first-order valence-corrected chi connectivity index (χ1v) is 36.9. The van der Waals surface area contributed by atoms with Crippen LogP contribution in [-0.2, 0) is 90.5 Å². The minimum absolute atomic E-state index is 0.0835. The number of aromatic hydroxyl groups is 1. The molecule has 1 aliphatic heterocycles. The maximum absolute atomic E-state index is 13.1. The molecule has 0 fully saturated rings. The molecule has 5 aromatic rings. The Kier molecular flexibility index (Phi) is 25.9. The van der Waals surface area contributed by atoms with E-state index in [1.54, 1.807) is 32.9 Å². The highest BCUT2D eigenvalue weighted by Crippen LogP contribution is 2.69. The first-order chi connectivity index (χ1) is 44.8. The van der Waals surface area contributed by atoms with Crippen LogP contribution in [-0.4, -0.2) is 114 Å². The molecule has 1 amide bonds. The minimum atomic E-state index is -5.75. The Labute approximate surface area is 554 Å². The Morgan fingerprint density at radius 3 is 2.23 bits per heavy atom. The van der Waals surface area contributed by atoms with Crippen molar-refractivity contribution in [1.29, 1.82) is 0 Å². The van der Waals surface area contributed by atoms with Gasteiger partial charge in [0.2, 0.25) is 17.5 Å². The van der Waals surface area contributed by atoms with E-state index in [1.165, 1.54) is 43.5 Å². The van der Waals surface area contributed by atoms with Gasteiger partial charge in [0.15, 0.2) is 17.2 Å². The number of carbonyl (C=O) groups excluding carboxylic acids is 1. The first-order valence-electron chi connectivity index (χ1n) is 29.6. The number of rotatable bonds is 33. The molecule has 4 atom stereocenters. The summed E-state index contributed by atoms with van der Waals surface area (Å²) in [6, 6.07) is 12.5. The normalized spacial score (nSPS) is 15.7. The fourth-order valence-electron chi connectivity index (χ4n) is 10.4. The number of phosphoric acid groups is 3. The largest absolute Gasteiger partial charge is 0.756 e. The molecule has 0 spiro atoms. The molecule has 1 aliphatic rings. The predicted molar refractivity (Wildman–Crippen MR) is 348 cm³/mol. The summed E-state index contributed by atoms with van der Waals surface area (Å²) in [6.45, 7) is 14.5. The Morgan fingerprint density at radius 1 is 0.948 bits per heavy atom. The first kappa shape index (κ1) is 77.8. The van der Waals surface area contributed by atoms with Gasteiger partial charge in [-0.15, -0.1) is 0 Å². The van der Waals surface area contributed by atoms with E-state index in [4.69, 9.17) is 13.9 Å². The number of fused-ring (bicyclic) bond motifs is 1. The molecule has 36 heteroatoms. The molecule has 31 nitrogen and oxygen atoms in total. The maximum Gasteiger partial charge on any atom is 0.489 e. The van der Waals surface area contributed by atoms with Crippen LogP contribution in [0.5, 0.6) is 11.5 Å². The van der Waals surface area contributed by atoms with E-state index in [-0.39, 0.29) is 64.1 Å². The number of nitro groups is 1. The summed E-state index contributed by atoms with van der Waals surface area (Å²) in [5.41, 5.74) is 0.985. The number of phosphoric ester groups is 2. The van der Waals surface area contributed by atoms with Crippen LogP contribution < -0.4 is 31.1 Å². The van der Waals surface area contributed by atoms with Crippen LogP contribution in [0.3, 0.4) is 0 Å². The number of carbonyl (C=O) groups is 1. The molecule has 3 aromatic carbocycles. The summed E-state index contributed by atoms with van der Waals surface area (Å²) >= 11 is 0. The van der Waals surface area contributed by atoms with Gasteiger partial charge in [-0.1, -0.05) is 59.0 Å². The van der Waals surface area contributed by atoms with Crippen molar-refractivity contribution >= 4 is 72.4 Å². The third-order valence-electron chi connectivity index (χ3n) is 15.1. The highest BCUT2D eigenvalue weighted by atomic mass is 32.2. The number of anilines is 1. The van der Waals surface area contributed by atoms with Gasteiger partial charge in [-0.2, -0.15) is 25.7 Å². The topological polar surface area (TPSA) is 435 Å². The number of methoxy groups -OCH3 is 1. The number of unbranched alkanes of at least 4 members (excludes halogenated alkanes) is 2. The average molecular weight is 1440 g/mol. The Hall–Kier alpha value is -7.21. The predicted octanol–water partition coefficient (Wildman–Crippen LogP) is 9.14. The summed E-state index contributed by atoms with van der Waals surface area (Å²) < 4.78 is 146. The molecule has 0 saturated carbocycles. The highest BCUT2D eigenvalue weighted by molar-refractivity contribution is 7.86. The van der Waals surface area contributed by atoms with Crippen LogP contribution in [0.1, 0.15) is 127 Å². The number of hydrogen-bond acceptors (Lipinski definition) is 23. The van der Waals surface area contributed by atoms with Gasteiger partial charge >= 0.3 is 21.3 Å². The SMILES string of the molecule is CC/C(=C\C=C\C1=[N+](CC)c2ccc(S(=O)(=O)O)cc2C1(C)C)N(CCCCCC(=O)NCC#Cc1cc([N+](=O)[O-])c([C@@H](OCCc2cn(-c3cc(O)c(COP(=O)([O-])OP(=O)(OC)OP(=O)(O)OC)o3)c(=O)[nH]c2=O)C(C)(C)C)cc1OC)c1ccc(S(=O)(=O)O)cc1CC. The number of amides is 1. The standard InChI is InChI=1S/C60H77N6O25P3S2/c1-12-39-32-43(95(78,79)80)24-26-47(39)64(42(13-2)21-18-22-53-60(7,8)46-34-44(96(81,82)83)25-27-48(46)63(53)14-3)30-17-15-16-23-54(68)61-29-19-20-40-33-49(66(71)72)45(35-51(40)84-9)56(59(4,5)6)87-31-28-41-37-65(58(70)62-57(41)69)55-36-50(67)52(89-55)38-88-93(75,76)91-94(77,86-11)90-92(73,74)85-10/h18,21-22,24-27,32-37,56H,12-17,23,28-31,38H2,1-11H3,(H6-,61,62,67,68,69,70,73,74,75,76,78,79,80,81,82,83)/t56-,94?/m1/s1. The van der Waals surface area contributed by atoms with Gasteiger partial charge in [-0.05, 0) is 99.9 Å². The minimum Gasteiger partial charge on any atom is -0.756 e. The molecule has 6 rings (SSSR count). The lowest BCUT2D eigenvalue weighted by Gasteiger charge is -2.31. The fourth-order valence-corrected chi connectivity index (χ4v) is 15.1. The summed E-state index contributed by atoms with van der Waals surface area (Å²) in [7, 11) is -22.5. The van der Waals surface area contributed by atoms with Crippen molar-refractivity contribution < 1.29 is 105 Å². The van der Waals surface area contributed by atoms with Gasteiger partial charge in [0.1, 0.15) is 18.9 Å². The van der Waals surface area contributed by atoms with Crippen LogP contribution >= 0.6 is 23.5 Å². The molecule has 0 aliphatic carbocycles. The number of benzene rings is 3. The lowest BCUT2D eigenvalue weighted by molar-refractivity contribution is -0.433. The Balaban J connectivity index is 1.10. The molecule has 6 N–H and O–H groups in total. The summed E-state index contributed by atoms with van der Waals surface area (Å²) in [6.07, 6.45) is 8.38. The second kappa shape index (κ2) is 32.0. The van der Waals surface area contributed by atoms with Crippen LogP contribution in [0.2, 0.25) is 0 Å². The molecule has 2 aromatic heterocycles. The van der Waals surface area contributed by atoms with Crippen LogP contribution in [0.15, 0.2) is 109 Å². The number of allylic oxidation sites excluding steroid dienone is 4. The van der Waals surface area contributed by atoms with Gasteiger partial charge in [0.05, 0.1) is 57.6 Å². The van der Waals surface area contributed by atoms with Crippen LogP contribution in [0.4, 0.5) is 17.1 Å². The quantitative estimate of drug-likeness (QED) is 0.00333. The number of nitro benzene ring substituents is 1. The zero-order valence-corrected chi connectivity index (χ0v) is 58.7. The second-order valence-corrected chi connectivity index (χ2v) is 30.9. The molecule has 0 saturated heterocycles. The summed E-state index contributed by atoms with van der Waals surface area (Å²) in [4.78, 5) is 76.9. The fraction of sp³-hybridized carbons (Fsp3) is 0.433. The van der Waals surface area contributed by atoms with Crippen molar-refractivity contribution in [2.45, 2.75) is 128 Å². The summed E-state index contributed by atoms with van der Waals surface area (Å²) in [5, 5.41) is 26.0. The number of aromatic nitrogens is 2. The molecule has 0 bridgehead atoms. The lowest BCUT2D eigenvalue weighted by atomic mass is 9.81. The third kappa shape index (κ3) is 19.8. The van der Waals surface area contributed by atoms with Crippen molar-refractivity contribution in [1.82, 2.24) is 14.9 Å². The van der Waals surface area contributed by atoms with E-state index in [0.29, 0.717) is 65.0 Å². The number of hydrogen-bond donors (Lipinski definition) is 6. The Morgan fingerprint density at radius 2 is 1.62 bits per heavy atom. The van der Waals surface area contributed by atoms with E-state index >= 15 is 0 Å². The van der Waals surface area contributed by atoms with Crippen LogP contribution in [0, 0.1) is 27.4 Å². The molecular weight excluding hydrogens is 1360 g/mol. The van der Waals surface area contributed by atoms with Crippen molar-refractivity contribution in [3.63, 3.8) is 0 Å². The van der Waals surface area contributed by atoms with E-state index < -0.39 is 106 Å². The maximum atomic E-state index is 13.1. The van der Waals surface area contributed by atoms with Crippen molar-refractivity contribution in [2.24, 2.45) is 5.41 Å². The van der Waals surface area contributed by atoms with Gasteiger partial charge < -0.3 is 43.5 Å². The van der Waals surface area contributed by atoms with Gasteiger partial charge in [0.25, 0.3) is 39.3 Å². The third-order valence-corrected chi connectivity index (χ3v) is 21.4. The van der Waals surface area contributed by atoms with Crippen molar-refractivity contribution in [3.8, 4) is 29.2 Å². The van der Waals surface area contributed by atoms with Gasteiger partial charge in [0, 0.05) is 86.6 Å². The van der Waals surface area contributed by atoms with E-state index in [9.17, 15) is 79.0 Å². The molecule has 3 unspecified atom stereocenters. The number of ether oxygens (including phenoxy) is 2. The van der Waals surface area contributed by atoms with Crippen molar-refractivity contribution in [2.75, 3.05) is 52.5 Å². The molecular formula is C60H77N6O25P3S2. The zero-order chi connectivity index (χ0) is 71.5. The van der Waals surface area contributed by atoms with E-state index in [0.717, 1.165) is 45.2 Å². The Bertz CT molecular complexity index is 4430. The van der Waals surface area contributed by atoms with E-state index in [2.05, 4.69) is 53.8 Å². The number of aryl methyl sites for hydroxylation is 1. The lowest BCUT2D eigenvalue weighted by Crippen LogP contribution is -2.31. The van der Waals surface area contributed by atoms with Gasteiger partial charge in [-0.25, -0.2) is 22.8 Å². The summed E-state index contributed by atoms with van der Waals surface area (Å²) in [5.74, 6) is 3.61. The second-order valence-electron chi connectivity index (χ2n) is 23.0. The number of H-pyrrole nitrogens is 1. The van der Waals surface area contributed by atoms with Crippen LogP contribution in [0.25, 0.3) is 5.88 Å². The van der Waals surface area contributed by atoms with Gasteiger partial charge in [-0.3, -0.25) is 47.4 Å². The molecule has 524 valence electrons. The number of nitrogens with one attached hydrogen (secondary N) is 2. The zero-order valence-electron chi connectivity index (χ0n) is 54.4. The smallest absolute Gasteiger partial charge is 0.489 e. The van der Waals surface area contributed by atoms with E-state index in [1.807, 2.05) is 52.8 Å². The average Bonchev–Trinajstić information content (AvgIpc) is 1.57. The molecule has 3 heterocycles. The molecule has 96 heavy (non-hydrogen) atoms. The van der Waals surface area contributed by atoms with Crippen molar-refractivity contribution in [3.05, 3.63) is 149 Å². The number of furan rings is 1. The monoisotopic (exact) mass is 1440 g/mol. The number of aromatic amines is 1.